The van der Waals surface area contributed by atoms with Crippen LogP contribution >= 0.6 is 23.1 Å². The van der Waals surface area contributed by atoms with Crippen LogP contribution in [0.15, 0.2) is 91.4 Å². The Morgan fingerprint density at radius 2 is 1.71 bits per heavy atom. The van der Waals surface area contributed by atoms with E-state index >= 15 is 0 Å². The third-order valence-electron chi connectivity index (χ3n) is 7.48. The fraction of sp³-hybridized carbons (Fsp3) is 0.242. The molecule has 6 rings (SSSR count). The number of carbonyl (C=O) groups is 1. The maximum atomic E-state index is 14.0. The number of nitriles is 1. The van der Waals surface area contributed by atoms with Crippen LogP contribution < -0.4 is 4.90 Å². The molecular weight excluding hydrogens is 547 g/mol. The highest BCUT2D eigenvalue weighted by atomic mass is 32.2. The number of amides is 1. The van der Waals surface area contributed by atoms with Crippen molar-refractivity contribution >= 4 is 44.8 Å². The summed E-state index contributed by atoms with van der Waals surface area (Å²) in [4.78, 5) is 23.7. The number of thioether (sulfide) groups is 1. The lowest BCUT2D eigenvalue weighted by atomic mass is 10.1. The topological polar surface area (TPSA) is 65.2 Å². The molecule has 0 bridgehead atoms. The quantitative estimate of drug-likeness (QED) is 0.201. The molecule has 0 atom stereocenters. The highest BCUT2D eigenvalue weighted by Gasteiger charge is 2.28. The number of rotatable bonds is 9. The summed E-state index contributed by atoms with van der Waals surface area (Å²) < 4.78 is 3.29. The lowest BCUT2D eigenvalue weighted by Crippen LogP contribution is -2.38. The maximum absolute atomic E-state index is 14.0. The van der Waals surface area contributed by atoms with Gasteiger partial charge >= 0.3 is 0 Å². The number of fused-ring (bicyclic) bond motifs is 1. The van der Waals surface area contributed by atoms with Gasteiger partial charge < -0.3 is 14.4 Å². The maximum Gasteiger partial charge on any atom is 0.266 e. The van der Waals surface area contributed by atoms with Crippen LogP contribution in [0.5, 0.6) is 0 Å². The van der Waals surface area contributed by atoms with Crippen LogP contribution in [0.3, 0.4) is 0 Å². The second kappa shape index (κ2) is 12.6. The van der Waals surface area contributed by atoms with Gasteiger partial charge in [0, 0.05) is 54.0 Å². The normalized spacial score (nSPS) is 13.3. The van der Waals surface area contributed by atoms with Crippen molar-refractivity contribution in [1.82, 2.24) is 14.5 Å². The van der Waals surface area contributed by atoms with Gasteiger partial charge in [0.1, 0.15) is 4.88 Å². The van der Waals surface area contributed by atoms with Crippen LogP contribution in [-0.4, -0.2) is 51.5 Å². The molecule has 1 aliphatic rings. The molecule has 0 N–H and O–H groups in total. The molecule has 0 aliphatic carbocycles. The average molecular weight is 578 g/mol. The Morgan fingerprint density at radius 3 is 2.49 bits per heavy atom. The first kappa shape index (κ1) is 27.1. The van der Waals surface area contributed by atoms with Gasteiger partial charge in [-0.25, -0.2) is 4.98 Å². The minimum absolute atomic E-state index is 0.136. The predicted octanol–water partition coefficient (Wildman–Crippen LogP) is 6.46. The Balaban J connectivity index is 1.37. The van der Waals surface area contributed by atoms with Crippen molar-refractivity contribution in [2.24, 2.45) is 0 Å². The molecule has 0 saturated carbocycles. The summed E-state index contributed by atoms with van der Waals surface area (Å²) >= 11 is 3.52. The molecule has 1 fully saturated rings. The Hall–Kier alpha value is -4.06. The van der Waals surface area contributed by atoms with Crippen molar-refractivity contribution < 1.29 is 4.79 Å². The first-order chi connectivity index (χ1) is 20.2. The standard InChI is InChI=1S/C33H31N5OS2/c34-20-26-10-12-27(13-11-26)22-38-24-35-21-28(38)23-37(15-14-25-6-2-1-3-7-25)31-29-8-4-5-9-30(29)41-32(31)33(39)36-16-18-40-19-17-36/h1-13,21,24H,14-19,22-23H2. The van der Waals surface area contributed by atoms with Gasteiger partial charge in [-0.05, 0) is 35.7 Å². The van der Waals surface area contributed by atoms with Crippen LogP contribution in [0.2, 0.25) is 0 Å². The number of hydrogen-bond donors (Lipinski definition) is 0. The molecule has 2 aromatic heterocycles. The smallest absolute Gasteiger partial charge is 0.266 e. The molecule has 0 unspecified atom stereocenters. The van der Waals surface area contributed by atoms with E-state index in [0.717, 1.165) is 69.5 Å². The summed E-state index contributed by atoms with van der Waals surface area (Å²) in [5, 5.41) is 10.3. The Bertz CT molecular complexity index is 1660. The van der Waals surface area contributed by atoms with E-state index in [1.807, 2.05) is 59.5 Å². The lowest BCUT2D eigenvalue weighted by Gasteiger charge is -2.29. The van der Waals surface area contributed by atoms with E-state index in [1.54, 1.807) is 11.3 Å². The molecular formula is C33H31N5OS2. The van der Waals surface area contributed by atoms with Gasteiger partial charge in [0.25, 0.3) is 5.91 Å². The van der Waals surface area contributed by atoms with Gasteiger partial charge in [0.05, 0.1) is 35.9 Å². The molecule has 1 aliphatic heterocycles. The summed E-state index contributed by atoms with van der Waals surface area (Å²) in [6.07, 6.45) is 4.66. The Labute approximate surface area is 248 Å². The highest BCUT2D eigenvalue weighted by Crippen LogP contribution is 2.40. The number of aromatic nitrogens is 2. The molecule has 1 amide bonds. The second-order valence-electron chi connectivity index (χ2n) is 10.2. The van der Waals surface area contributed by atoms with Gasteiger partial charge in [0.2, 0.25) is 0 Å². The fourth-order valence-electron chi connectivity index (χ4n) is 5.28. The van der Waals surface area contributed by atoms with Crippen LogP contribution in [0, 0.1) is 11.3 Å². The Kier molecular flexibility index (Phi) is 8.36. The van der Waals surface area contributed by atoms with Crippen molar-refractivity contribution in [2.45, 2.75) is 19.5 Å². The number of nitrogens with zero attached hydrogens (tertiary/aromatic N) is 5. The third kappa shape index (κ3) is 6.17. The molecule has 0 spiro atoms. The monoisotopic (exact) mass is 577 g/mol. The second-order valence-corrected chi connectivity index (χ2v) is 12.4. The molecule has 3 aromatic carbocycles. The van der Waals surface area contributed by atoms with E-state index < -0.39 is 0 Å². The number of imidazole rings is 1. The molecule has 8 heteroatoms. The van der Waals surface area contributed by atoms with Crippen molar-refractivity contribution in [1.29, 1.82) is 5.26 Å². The van der Waals surface area contributed by atoms with E-state index in [9.17, 15) is 10.1 Å². The van der Waals surface area contributed by atoms with E-state index in [4.69, 9.17) is 0 Å². The van der Waals surface area contributed by atoms with Gasteiger partial charge in [-0.1, -0.05) is 60.7 Å². The van der Waals surface area contributed by atoms with Crippen LogP contribution in [-0.2, 0) is 19.5 Å². The molecule has 0 radical (unpaired) electrons. The number of anilines is 1. The fourth-order valence-corrected chi connectivity index (χ4v) is 7.38. The number of hydrogen-bond acceptors (Lipinski definition) is 6. The van der Waals surface area contributed by atoms with Crippen LogP contribution in [0.25, 0.3) is 10.1 Å². The number of benzene rings is 3. The molecule has 5 aromatic rings. The van der Waals surface area contributed by atoms with E-state index in [2.05, 4.69) is 69.1 Å². The molecule has 3 heterocycles. The highest BCUT2D eigenvalue weighted by molar-refractivity contribution is 7.99. The lowest BCUT2D eigenvalue weighted by molar-refractivity contribution is 0.0777. The van der Waals surface area contributed by atoms with E-state index in [0.29, 0.717) is 18.7 Å². The minimum Gasteiger partial charge on any atom is -0.363 e. The van der Waals surface area contributed by atoms with Gasteiger partial charge in [0.15, 0.2) is 0 Å². The van der Waals surface area contributed by atoms with Gasteiger partial charge in [-0.2, -0.15) is 17.0 Å². The molecule has 41 heavy (non-hydrogen) atoms. The molecule has 6 nitrogen and oxygen atoms in total. The first-order valence-electron chi connectivity index (χ1n) is 13.8. The average Bonchev–Trinajstić information content (AvgIpc) is 3.64. The van der Waals surface area contributed by atoms with Gasteiger partial charge in [-0.3, -0.25) is 4.79 Å². The van der Waals surface area contributed by atoms with Crippen LogP contribution in [0.4, 0.5) is 5.69 Å². The zero-order valence-electron chi connectivity index (χ0n) is 22.8. The summed E-state index contributed by atoms with van der Waals surface area (Å²) in [5.41, 5.74) is 5.13. The van der Waals surface area contributed by atoms with Crippen molar-refractivity contribution in [2.75, 3.05) is 36.0 Å². The van der Waals surface area contributed by atoms with Crippen LogP contribution in [0.1, 0.15) is 32.1 Å². The minimum atomic E-state index is 0.136. The zero-order valence-corrected chi connectivity index (χ0v) is 24.4. The predicted molar refractivity (Wildman–Crippen MR) is 169 cm³/mol. The largest absolute Gasteiger partial charge is 0.363 e. The third-order valence-corrected chi connectivity index (χ3v) is 9.57. The molecule has 1 saturated heterocycles. The SMILES string of the molecule is N#Cc1ccc(Cn2cncc2CN(CCc2ccccc2)c2c(C(=O)N3CCSCC3)sc3ccccc23)cc1. The van der Waals surface area contributed by atoms with Crippen molar-refractivity contribution in [3.05, 3.63) is 119 Å². The van der Waals surface area contributed by atoms with Crippen molar-refractivity contribution in [3.63, 3.8) is 0 Å². The first-order valence-corrected chi connectivity index (χ1v) is 15.8. The Morgan fingerprint density at radius 1 is 0.951 bits per heavy atom. The van der Waals surface area contributed by atoms with E-state index in [-0.39, 0.29) is 5.91 Å². The zero-order chi connectivity index (χ0) is 28.0. The summed E-state index contributed by atoms with van der Waals surface area (Å²) in [5.74, 6) is 2.11. The van der Waals surface area contributed by atoms with E-state index in [1.165, 1.54) is 5.56 Å². The number of carbonyl (C=O) groups excluding carboxylic acids is 1. The number of thiophene rings is 1. The molecule has 206 valence electrons. The summed E-state index contributed by atoms with van der Waals surface area (Å²) in [7, 11) is 0. The summed E-state index contributed by atoms with van der Waals surface area (Å²) in [6, 6.07) is 28.8. The van der Waals surface area contributed by atoms with Crippen molar-refractivity contribution in [3.8, 4) is 6.07 Å². The van der Waals surface area contributed by atoms with Gasteiger partial charge in [-0.15, -0.1) is 11.3 Å². The summed E-state index contributed by atoms with van der Waals surface area (Å²) in [6.45, 7) is 3.63.